The molecular weight excluding hydrogens is 228 g/mol. The second kappa shape index (κ2) is 5.43. The van der Waals surface area contributed by atoms with Gasteiger partial charge in [0.25, 0.3) is 0 Å². The van der Waals surface area contributed by atoms with Crippen molar-refractivity contribution in [3.63, 3.8) is 0 Å². The van der Waals surface area contributed by atoms with Crippen LogP contribution in [-0.2, 0) is 4.79 Å². The van der Waals surface area contributed by atoms with Crippen LogP contribution in [0.3, 0.4) is 0 Å². The summed E-state index contributed by atoms with van der Waals surface area (Å²) in [5, 5.41) is 11.6. The minimum atomic E-state index is -0.916. The van der Waals surface area contributed by atoms with Gasteiger partial charge in [0.1, 0.15) is 0 Å². The average molecular weight is 246 g/mol. The van der Waals surface area contributed by atoms with Crippen molar-refractivity contribution >= 4 is 23.8 Å². The number of thioether (sulfide) groups is 1. The number of hydrogen-bond acceptors (Lipinski definition) is 3. The Labute approximate surface area is 99.6 Å². The second-order valence-corrected chi connectivity index (χ2v) is 5.67. The van der Waals surface area contributed by atoms with Crippen LogP contribution in [0.1, 0.15) is 13.8 Å². The van der Waals surface area contributed by atoms with Gasteiger partial charge in [-0.1, -0.05) is 0 Å². The highest BCUT2D eigenvalue weighted by molar-refractivity contribution is 7.99. The third-order valence-corrected chi connectivity index (χ3v) is 3.50. The number of rotatable bonds is 3. The van der Waals surface area contributed by atoms with E-state index in [1.54, 1.807) is 18.7 Å². The van der Waals surface area contributed by atoms with E-state index in [1.807, 2.05) is 11.8 Å². The molecule has 1 saturated heterocycles. The summed E-state index contributed by atoms with van der Waals surface area (Å²) in [6, 6.07) is -0.158. The summed E-state index contributed by atoms with van der Waals surface area (Å²) in [6.45, 7) is 4.84. The number of nitrogens with zero attached hydrogens (tertiary/aromatic N) is 1. The molecule has 16 heavy (non-hydrogen) atoms. The first-order chi connectivity index (χ1) is 7.43. The van der Waals surface area contributed by atoms with Gasteiger partial charge in [-0.25, -0.2) is 4.79 Å². The van der Waals surface area contributed by atoms with Crippen LogP contribution in [0.15, 0.2) is 0 Å². The van der Waals surface area contributed by atoms with Gasteiger partial charge in [0.05, 0.1) is 5.41 Å². The van der Waals surface area contributed by atoms with Crippen LogP contribution in [0.4, 0.5) is 4.79 Å². The van der Waals surface area contributed by atoms with Gasteiger partial charge in [-0.05, 0) is 13.8 Å². The summed E-state index contributed by atoms with van der Waals surface area (Å²) in [5.41, 5.74) is -0.916. The Balaban J connectivity index is 2.37. The first-order valence-electron chi connectivity index (χ1n) is 5.27. The van der Waals surface area contributed by atoms with Crippen LogP contribution >= 0.6 is 11.8 Å². The van der Waals surface area contributed by atoms with Gasteiger partial charge in [-0.3, -0.25) is 4.79 Å². The maximum absolute atomic E-state index is 11.7. The summed E-state index contributed by atoms with van der Waals surface area (Å²) < 4.78 is 0. The molecule has 0 aromatic heterocycles. The summed E-state index contributed by atoms with van der Waals surface area (Å²) >= 11 is 1.83. The van der Waals surface area contributed by atoms with Gasteiger partial charge in [0.15, 0.2) is 0 Å². The van der Waals surface area contributed by atoms with Gasteiger partial charge in [0, 0.05) is 31.1 Å². The van der Waals surface area contributed by atoms with Crippen LogP contribution in [-0.4, -0.2) is 53.1 Å². The largest absolute Gasteiger partial charge is 0.481 e. The lowest BCUT2D eigenvalue weighted by Crippen LogP contribution is -2.48. The lowest BCUT2D eigenvalue weighted by atomic mass is 9.94. The zero-order chi connectivity index (χ0) is 12.2. The summed E-state index contributed by atoms with van der Waals surface area (Å²) in [6.07, 6.45) is 0. The van der Waals surface area contributed by atoms with Gasteiger partial charge in [0.2, 0.25) is 0 Å². The Kier molecular flexibility index (Phi) is 4.46. The standard InChI is InChI=1S/C10H18N2O3S/c1-10(2,8(13)14)7-11-9(15)12-3-5-16-6-4-12/h3-7H2,1-2H3,(H,11,15)(H,13,14). The molecule has 0 atom stereocenters. The molecule has 2 N–H and O–H groups in total. The predicted molar refractivity (Wildman–Crippen MR) is 63.7 cm³/mol. The Hall–Kier alpha value is -0.910. The molecular formula is C10H18N2O3S. The third kappa shape index (κ3) is 3.59. The Morgan fingerprint density at radius 3 is 2.44 bits per heavy atom. The highest BCUT2D eigenvalue weighted by atomic mass is 32.2. The first kappa shape index (κ1) is 13.2. The second-order valence-electron chi connectivity index (χ2n) is 4.45. The zero-order valence-corrected chi connectivity index (χ0v) is 10.5. The molecule has 0 unspecified atom stereocenters. The number of carboxylic acids is 1. The molecule has 2 amide bonds. The minimum Gasteiger partial charge on any atom is -0.481 e. The fraction of sp³-hybridized carbons (Fsp3) is 0.800. The SMILES string of the molecule is CC(C)(CNC(=O)N1CCSCC1)C(=O)O. The van der Waals surface area contributed by atoms with Crippen molar-refractivity contribution in [2.24, 2.45) is 5.41 Å². The van der Waals surface area contributed by atoms with Gasteiger partial charge in [-0.15, -0.1) is 0 Å². The molecule has 0 aliphatic carbocycles. The number of aliphatic carboxylic acids is 1. The van der Waals surface area contributed by atoms with Crippen LogP contribution in [0.25, 0.3) is 0 Å². The minimum absolute atomic E-state index is 0.158. The molecule has 92 valence electrons. The lowest BCUT2D eigenvalue weighted by molar-refractivity contribution is -0.146. The molecule has 1 heterocycles. The van der Waals surface area contributed by atoms with Crippen LogP contribution < -0.4 is 5.32 Å². The van der Waals surface area contributed by atoms with E-state index >= 15 is 0 Å². The molecule has 0 saturated carbocycles. The lowest BCUT2D eigenvalue weighted by Gasteiger charge is -2.28. The number of carbonyl (C=O) groups is 2. The number of urea groups is 1. The molecule has 6 heteroatoms. The van der Waals surface area contributed by atoms with Crippen molar-refractivity contribution in [1.29, 1.82) is 0 Å². The number of amides is 2. The van der Waals surface area contributed by atoms with Crippen LogP contribution in [0.5, 0.6) is 0 Å². The van der Waals surface area contributed by atoms with E-state index in [0.717, 1.165) is 24.6 Å². The number of hydrogen-bond donors (Lipinski definition) is 2. The summed E-state index contributed by atoms with van der Waals surface area (Å²) in [5.74, 6) is 1.01. The Morgan fingerprint density at radius 2 is 1.94 bits per heavy atom. The average Bonchev–Trinajstić information content (AvgIpc) is 2.27. The first-order valence-corrected chi connectivity index (χ1v) is 6.43. The van der Waals surface area contributed by atoms with E-state index in [4.69, 9.17) is 5.11 Å². The maximum Gasteiger partial charge on any atom is 0.317 e. The van der Waals surface area contributed by atoms with E-state index in [1.165, 1.54) is 0 Å². The van der Waals surface area contributed by atoms with Gasteiger partial charge in [-0.2, -0.15) is 11.8 Å². The van der Waals surface area contributed by atoms with E-state index in [2.05, 4.69) is 5.32 Å². The molecule has 1 aliphatic rings. The highest BCUT2D eigenvalue weighted by Crippen LogP contribution is 2.14. The van der Waals surface area contributed by atoms with Crippen LogP contribution in [0.2, 0.25) is 0 Å². The fourth-order valence-corrected chi connectivity index (χ4v) is 2.15. The maximum atomic E-state index is 11.7. The van der Waals surface area contributed by atoms with Crippen molar-refractivity contribution in [1.82, 2.24) is 10.2 Å². The quantitative estimate of drug-likeness (QED) is 0.774. The number of carboxylic acid groups (broad SMARTS) is 1. The highest BCUT2D eigenvalue weighted by Gasteiger charge is 2.28. The Morgan fingerprint density at radius 1 is 1.38 bits per heavy atom. The molecule has 1 aliphatic heterocycles. The molecule has 0 radical (unpaired) electrons. The monoisotopic (exact) mass is 246 g/mol. The van der Waals surface area contributed by atoms with Crippen molar-refractivity contribution in [2.75, 3.05) is 31.1 Å². The molecule has 5 nitrogen and oxygen atoms in total. The zero-order valence-electron chi connectivity index (χ0n) is 9.65. The van der Waals surface area contributed by atoms with E-state index in [9.17, 15) is 9.59 Å². The Bertz CT molecular complexity index is 275. The molecule has 0 aromatic carbocycles. The third-order valence-electron chi connectivity index (χ3n) is 2.56. The molecule has 1 rings (SSSR count). The van der Waals surface area contributed by atoms with Crippen LogP contribution in [0, 0.1) is 5.41 Å². The smallest absolute Gasteiger partial charge is 0.317 e. The van der Waals surface area contributed by atoms with Gasteiger partial charge >= 0.3 is 12.0 Å². The van der Waals surface area contributed by atoms with E-state index < -0.39 is 11.4 Å². The van der Waals surface area contributed by atoms with Crippen molar-refractivity contribution in [2.45, 2.75) is 13.8 Å². The van der Waals surface area contributed by atoms with Crippen molar-refractivity contribution < 1.29 is 14.7 Å². The fourth-order valence-electron chi connectivity index (χ4n) is 1.25. The number of carbonyl (C=O) groups excluding carboxylic acids is 1. The topological polar surface area (TPSA) is 69.6 Å². The van der Waals surface area contributed by atoms with Crippen molar-refractivity contribution in [3.8, 4) is 0 Å². The molecule has 0 bridgehead atoms. The van der Waals surface area contributed by atoms with Crippen molar-refractivity contribution in [3.05, 3.63) is 0 Å². The predicted octanol–water partition coefficient (Wildman–Crippen LogP) is 0.856. The van der Waals surface area contributed by atoms with Gasteiger partial charge < -0.3 is 15.3 Å². The van der Waals surface area contributed by atoms with E-state index in [0.29, 0.717) is 0 Å². The molecule has 0 aromatic rings. The number of nitrogens with one attached hydrogen (secondary N) is 1. The van der Waals surface area contributed by atoms with E-state index in [-0.39, 0.29) is 12.6 Å². The normalized spacial score (nSPS) is 17.0. The summed E-state index contributed by atoms with van der Waals surface area (Å²) in [7, 11) is 0. The summed E-state index contributed by atoms with van der Waals surface area (Å²) in [4.78, 5) is 24.3. The molecule has 1 fully saturated rings. The molecule has 0 spiro atoms.